The molecule has 0 atom stereocenters. The average Bonchev–Trinajstić information content (AvgIpc) is 3.22. The fourth-order valence-electron chi connectivity index (χ4n) is 2.64. The van der Waals surface area contributed by atoms with E-state index in [1.807, 2.05) is 66.9 Å². The van der Waals surface area contributed by atoms with Crippen LogP contribution in [0.1, 0.15) is 15.9 Å². The molecule has 0 aliphatic heterocycles. The molecule has 0 aliphatic carbocycles. The number of amides is 1. The average molecular weight is 355 g/mol. The molecule has 0 unspecified atom stereocenters. The molecule has 1 N–H and O–H groups in total. The van der Waals surface area contributed by atoms with Crippen molar-refractivity contribution in [1.82, 2.24) is 25.1 Å². The largest absolute Gasteiger partial charge is 0.348 e. The number of hydrogen-bond acceptors (Lipinski definition) is 4. The predicted molar refractivity (Wildman–Crippen MR) is 102 cm³/mol. The molecule has 0 saturated carbocycles. The van der Waals surface area contributed by atoms with E-state index in [1.165, 1.54) is 12.4 Å². The molecule has 27 heavy (non-hydrogen) atoms. The maximum atomic E-state index is 12.3. The van der Waals surface area contributed by atoms with Crippen LogP contribution >= 0.6 is 0 Å². The standard InChI is InChI=1S/C21H17N5O/c27-21(18-13-22-20(23-14-18)17-7-3-1-4-8-17)24-11-16-12-25-26(15-16)19-9-5-2-6-10-19/h1-10,12-15H,11H2,(H,24,27). The summed E-state index contributed by atoms with van der Waals surface area (Å²) in [6, 6.07) is 19.5. The van der Waals surface area contributed by atoms with Gasteiger partial charge in [-0.25, -0.2) is 14.6 Å². The zero-order chi connectivity index (χ0) is 18.5. The molecule has 0 bridgehead atoms. The molecule has 132 valence electrons. The summed E-state index contributed by atoms with van der Waals surface area (Å²) in [4.78, 5) is 20.9. The molecule has 2 aromatic carbocycles. The fraction of sp³-hybridized carbons (Fsp3) is 0.0476. The van der Waals surface area contributed by atoms with E-state index in [0.29, 0.717) is 17.9 Å². The summed E-state index contributed by atoms with van der Waals surface area (Å²) in [7, 11) is 0. The normalized spacial score (nSPS) is 10.5. The van der Waals surface area contributed by atoms with Crippen molar-refractivity contribution in [2.45, 2.75) is 6.54 Å². The SMILES string of the molecule is O=C(NCc1cnn(-c2ccccc2)c1)c1cnc(-c2ccccc2)nc1. The summed E-state index contributed by atoms with van der Waals surface area (Å²) < 4.78 is 1.78. The van der Waals surface area contributed by atoms with Crippen LogP contribution in [0.3, 0.4) is 0 Å². The number of carbonyl (C=O) groups is 1. The fourth-order valence-corrected chi connectivity index (χ4v) is 2.64. The number of nitrogens with zero attached hydrogens (tertiary/aromatic N) is 4. The number of benzene rings is 2. The molecular weight excluding hydrogens is 338 g/mol. The Labute approximate surface area is 156 Å². The first kappa shape index (κ1) is 16.7. The van der Waals surface area contributed by atoms with Crippen LogP contribution in [-0.4, -0.2) is 25.7 Å². The van der Waals surface area contributed by atoms with E-state index in [9.17, 15) is 4.79 Å². The van der Waals surface area contributed by atoms with Crippen LogP contribution in [0.2, 0.25) is 0 Å². The third kappa shape index (κ3) is 3.90. The molecule has 0 radical (unpaired) electrons. The molecule has 1 amide bonds. The van der Waals surface area contributed by atoms with Gasteiger partial charge in [-0.2, -0.15) is 5.10 Å². The minimum absolute atomic E-state index is 0.220. The van der Waals surface area contributed by atoms with E-state index in [1.54, 1.807) is 10.9 Å². The van der Waals surface area contributed by atoms with Crippen molar-refractivity contribution in [2.75, 3.05) is 0 Å². The van der Waals surface area contributed by atoms with Gasteiger partial charge < -0.3 is 5.32 Å². The van der Waals surface area contributed by atoms with Crippen LogP contribution in [0.15, 0.2) is 85.5 Å². The maximum absolute atomic E-state index is 12.3. The summed E-state index contributed by atoms with van der Waals surface area (Å²) in [5, 5.41) is 7.19. The Hall–Kier alpha value is -3.80. The number of carbonyl (C=O) groups excluding carboxylic acids is 1. The minimum atomic E-state index is -0.220. The predicted octanol–water partition coefficient (Wildman–Crippen LogP) is 3.26. The Morgan fingerprint density at radius 3 is 2.26 bits per heavy atom. The van der Waals surface area contributed by atoms with Crippen LogP contribution in [0, 0.1) is 0 Å². The number of para-hydroxylation sites is 1. The van der Waals surface area contributed by atoms with Crippen molar-refractivity contribution < 1.29 is 4.79 Å². The van der Waals surface area contributed by atoms with E-state index >= 15 is 0 Å². The van der Waals surface area contributed by atoms with Crippen LogP contribution in [-0.2, 0) is 6.54 Å². The summed E-state index contributed by atoms with van der Waals surface area (Å²) in [6.07, 6.45) is 6.71. The van der Waals surface area contributed by atoms with Gasteiger partial charge in [0, 0.05) is 36.3 Å². The Morgan fingerprint density at radius 1 is 0.889 bits per heavy atom. The summed E-state index contributed by atoms with van der Waals surface area (Å²) in [5.41, 5.74) is 3.22. The Kier molecular flexibility index (Phi) is 4.70. The highest BCUT2D eigenvalue weighted by Gasteiger charge is 2.09. The van der Waals surface area contributed by atoms with Crippen LogP contribution < -0.4 is 5.32 Å². The maximum Gasteiger partial charge on any atom is 0.254 e. The van der Waals surface area contributed by atoms with E-state index in [-0.39, 0.29) is 5.91 Å². The van der Waals surface area contributed by atoms with Crippen molar-refractivity contribution in [2.24, 2.45) is 0 Å². The lowest BCUT2D eigenvalue weighted by molar-refractivity contribution is 0.0950. The lowest BCUT2D eigenvalue weighted by Gasteiger charge is -2.04. The highest BCUT2D eigenvalue weighted by molar-refractivity contribution is 5.93. The third-order valence-corrected chi connectivity index (χ3v) is 4.06. The second kappa shape index (κ2) is 7.61. The number of rotatable bonds is 5. The smallest absolute Gasteiger partial charge is 0.254 e. The number of nitrogens with one attached hydrogen (secondary N) is 1. The zero-order valence-corrected chi connectivity index (χ0v) is 14.5. The first-order valence-corrected chi connectivity index (χ1v) is 8.54. The molecular formula is C21H17N5O. The van der Waals surface area contributed by atoms with Crippen molar-refractivity contribution in [3.8, 4) is 17.1 Å². The molecule has 4 aromatic rings. The Morgan fingerprint density at radius 2 is 1.56 bits per heavy atom. The van der Waals surface area contributed by atoms with Crippen molar-refractivity contribution in [1.29, 1.82) is 0 Å². The highest BCUT2D eigenvalue weighted by Crippen LogP contribution is 2.13. The summed E-state index contributed by atoms with van der Waals surface area (Å²) in [5.74, 6) is 0.373. The molecule has 0 fully saturated rings. The Balaban J connectivity index is 1.39. The van der Waals surface area contributed by atoms with Gasteiger partial charge >= 0.3 is 0 Å². The monoisotopic (exact) mass is 355 g/mol. The van der Waals surface area contributed by atoms with Crippen LogP contribution in [0.25, 0.3) is 17.1 Å². The lowest BCUT2D eigenvalue weighted by Crippen LogP contribution is -2.23. The Bertz CT molecular complexity index is 1030. The molecule has 0 aliphatic rings. The van der Waals surface area contributed by atoms with Gasteiger partial charge in [-0.3, -0.25) is 4.79 Å². The molecule has 6 nitrogen and oxygen atoms in total. The summed E-state index contributed by atoms with van der Waals surface area (Å²) in [6.45, 7) is 0.381. The van der Waals surface area contributed by atoms with Gasteiger partial charge in [-0.05, 0) is 12.1 Å². The molecule has 0 spiro atoms. The number of hydrogen-bond donors (Lipinski definition) is 1. The third-order valence-electron chi connectivity index (χ3n) is 4.06. The molecule has 2 aromatic heterocycles. The second-order valence-corrected chi connectivity index (χ2v) is 5.97. The first-order chi connectivity index (χ1) is 13.3. The topological polar surface area (TPSA) is 72.7 Å². The van der Waals surface area contributed by atoms with Crippen molar-refractivity contribution >= 4 is 5.91 Å². The van der Waals surface area contributed by atoms with Gasteiger partial charge in [0.1, 0.15) is 0 Å². The van der Waals surface area contributed by atoms with Crippen LogP contribution in [0.5, 0.6) is 0 Å². The highest BCUT2D eigenvalue weighted by atomic mass is 16.1. The van der Waals surface area contributed by atoms with E-state index in [2.05, 4.69) is 20.4 Å². The molecule has 6 heteroatoms. The molecule has 2 heterocycles. The van der Waals surface area contributed by atoms with E-state index in [0.717, 1.165) is 16.8 Å². The van der Waals surface area contributed by atoms with E-state index < -0.39 is 0 Å². The van der Waals surface area contributed by atoms with Gasteiger partial charge in [0.05, 0.1) is 17.4 Å². The second-order valence-electron chi connectivity index (χ2n) is 5.97. The first-order valence-electron chi connectivity index (χ1n) is 8.54. The van der Waals surface area contributed by atoms with Crippen LogP contribution in [0.4, 0.5) is 0 Å². The van der Waals surface area contributed by atoms with Gasteiger partial charge in [0.2, 0.25) is 0 Å². The van der Waals surface area contributed by atoms with Gasteiger partial charge in [-0.1, -0.05) is 48.5 Å². The quantitative estimate of drug-likeness (QED) is 0.596. The molecule has 0 saturated heterocycles. The van der Waals surface area contributed by atoms with Crippen molar-refractivity contribution in [3.63, 3.8) is 0 Å². The zero-order valence-electron chi connectivity index (χ0n) is 14.5. The van der Waals surface area contributed by atoms with Gasteiger partial charge in [0.25, 0.3) is 5.91 Å². The minimum Gasteiger partial charge on any atom is -0.348 e. The van der Waals surface area contributed by atoms with Crippen molar-refractivity contribution in [3.05, 3.63) is 96.6 Å². The summed E-state index contributed by atoms with van der Waals surface area (Å²) >= 11 is 0. The van der Waals surface area contributed by atoms with E-state index in [4.69, 9.17) is 0 Å². The lowest BCUT2D eigenvalue weighted by atomic mass is 10.2. The van der Waals surface area contributed by atoms with Gasteiger partial charge in [0.15, 0.2) is 5.82 Å². The van der Waals surface area contributed by atoms with Gasteiger partial charge in [-0.15, -0.1) is 0 Å². The number of aromatic nitrogens is 4. The molecule has 4 rings (SSSR count).